The number of nitrogens with two attached hydrogens (primary N) is 7. The number of unbranched alkanes of at least 4 members (excludes halogenated alkanes) is 2. The number of aliphatic hydroxyl groups excluding tert-OH is 2. The number of nitro benzene ring substituents is 1. The highest BCUT2D eigenvalue weighted by Gasteiger charge is 2.38. The van der Waals surface area contributed by atoms with Gasteiger partial charge in [-0.1, -0.05) is 56.3 Å². The fraction of sp³-hybridized carbons (Fsp3) is 0.582. The van der Waals surface area contributed by atoms with Gasteiger partial charge in [0, 0.05) is 38.1 Å². The molecule has 0 spiro atoms. The number of nitro groups is 1. The van der Waals surface area contributed by atoms with Crippen LogP contribution in [0.2, 0.25) is 0 Å². The summed E-state index contributed by atoms with van der Waals surface area (Å²) in [6.07, 6.45) is -3.38. The van der Waals surface area contributed by atoms with Gasteiger partial charge in [-0.15, -0.1) is 0 Å². The molecule has 15 atom stereocenters. The first-order valence-electron chi connectivity index (χ1n) is 42.1. The summed E-state index contributed by atoms with van der Waals surface area (Å²) in [6, 6.07) is -8.38. The molecule has 728 valence electrons. The number of hydrogen-bond donors (Lipinski definition) is 30. The molecule has 2 rings (SSSR count). The first-order chi connectivity index (χ1) is 61.7. The molecule has 2 aromatic carbocycles. The van der Waals surface area contributed by atoms with Gasteiger partial charge in [-0.3, -0.25) is 107 Å². The van der Waals surface area contributed by atoms with Crippen LogP contribution in [0.5, 0.6) is 0 Å². The zero-order valence-corrected chi connectivity index (χ0v) is 73.8. The van der Waals surface area contributed by atoms with Gasteiger partial charge < -0.3 is 151 Å². The summed E-state index contributed by atoms with van der Waals surface area (Å²) in [6.45, 7) is 4.91. The largest absolute Gasteiger partial charge is 0.480 e. The number of guanidine groups is 2. The van der Waals surface area contributed by atoms with E-state index in [2.05, 4.69) is 95.7 Å². The number of benzene rings is 2. The quantitative estimate of drug-likeness (QED) is 0.00961. The minimum Gasteiger partial charge on any atom is -0.480 e. The van der Waals surface area contributed by atoms with E-state index in [1.165, 1.54) is 45.0 Å². The average Bonchev–Trinajstić information content (AvgIpc) is 0.867. The number of carboxylic acids is 1. The number of carboxylic acid groups (broad SMARTS) is 1. The van der Waals surface area contributed by atoms with Crippen molar-refractivity contribution in [2.45, 2.75) is 235 Å². The summed E-state index contributed by atoms with van der Waals surface area (Å²) >= 11 is 0. The van der Waals surface area contributed by atoms with Crippen molar-refractivity contribution in [1.82, 2.24) is 95.7 Å². The van der Waals surface area contributed by atoms with Crippen LogP contribution in [0.1, 0.15) is 143 Å². The molecule has 0 unspecified atom stereocenters. The maximum Gasteiger partial charge on any atom is 0.326 e. The molecule has 0 aliphatic carbocycles. The third-order valence-electron chi connectivity index (χ3n) is 19.4. The number of rotatable bonds is 63. The average molecular weight is 1850 g/mol. The predicted molar refractivity (Wildman–Crippen MR) is 468 cm³/mol. The first-order valence-corrected chi connectivity index (χ1v) is 42.1. The highest BCUT2D eigenvalue weighted by molar-refractivity contribution is 6.01. The fourth-order valence-electron chi connectivity index (χ4n) is 12.2. The molecule has 0 aliphatic rings. The van der Waals surface area contributed by atoms with Crippen molar-refractivity contribution in [1.29, 1.82) is 10.8 Å². The molecule has 131 heavy (non-hydrogen) atoms. The van der Waals surface area contributed by atoms with Gasteiger partial charge in [-0.25, -0.2) is 4.79 Å². The van der Waals surface area contributed by atoms with Crippen LogP contribution in [-0.4, -0.2) is 288 Å². The minimum atomic E-state index is -1.86. The van der Waals surface area contributed by atoms with Gasteiger partial charge in [0.05, 0.1) is 49.7 Å². The standard InChI is InChI=1S/C79H128N28O24/c1-40(2)32-54(72(123)95-43(5)66(117)103-56(35-59(84)111)73(124)102-53(77(128)129)26-27-58(83)110)104-70(121)49(18-10-12-28-80)100-69(120)52(21-15-31-90-79(87)88)99-65(116)42(4)96-75(126)57(39-108)105-71(122)50(19-11-13-29-81)101-68(119)51(20-14-30-89-78(85)86)98-64(115)41(3)94-61(113)38-93-76(127)63(44(6)109)106-74(125)55(34-45-16-8-7-9-17-45)97-62(114)37-91-60(112)36-92-67(118)48(82)33-46-22-24-47(25-23-46)107(130)131/h7-9,16-17,22-25,40-44,48-57,63,108-109H,10-15,18-21,26-39,80-82H2,1-6H3,(H2,83,110)(H2,84,111)(H,91,112)(H,92,118)(H,93,127)(H,94,113)(H,95,123)(H,96,126)(H,97,114)(H,98,115)(H,99,116)(H,100,120)(H,101,119)(H,102,124)(H,103,117)(H,104,121)(H,105,122)(H,106,125)(H,128,129)(H4,85,86,89)(H4,87,88,90)/t41-,42-,43-,44+,48-,49-,50-,51-,52-,53-,54-,55-,56-,57-,63-/m0/s1. The van der Waals surface area contributed by atoms with Crippen LogP contribution in [-0.2, 0) is 104 Å². The van der Waals surface area contributed by atoms with Gasteiger partial charge >= 0.3 is 5.97 Å². The molecule has 37 N–H and O–H groups in total. The smallest absolute Gasteiger partial charge is 0.326 e. The molecule has 0 aromatic heterocycles. The summed E-state index contributed by atoms with van der Waals surface area (Å²) in [5.74, 6) is -20.9. The Hall–Kier alpha value is -13.9. The van der Waals surface area contributed by atoms with Crippen LogP contribution >= 0.6 is 0 Å². The lowest BCUT2D eigenvalue weighted by Crippen LogP contribution is -2.61. The summed E-state index contributed by atoms with van der Waals surface area (Å²) in [5, 5.41) is 100. The molecule has 0 radical (unpaired) electrons. The zero-order chi connectivity index (χ0) is 98.7. The van der Waals surface area contributed by atoms with E-state index in [4.69, 9.17) is 51.0 Å². The highest BCUT2D eigenvalue weighted by atomic mass is 16.6. The number of primary amides is 2. The lowest BCUT2D eigenvalue weighted by Gasteiger charge is -2.28. The monoisotopic (exact) mass is 1850 g/mol. The second kappa shape index (κ2) is 60.0. The van der Waals surface area contributed by atoms with Crippen LogP contribution in [0.4, 0.5) is 5.69 Å². The molecule has 0 heterocycles. The van der Waals surface area contributed by atoms with Crippen molar-refractivity contribution >= 4 is 130 Å². The summed E-state index contributed by atoms with van der Waals surface area (Å²) < 4.78 is 0. The van der Waals surface area contributed by atoms with Gasteiger partial charge in [0.1, 0.15) is 78.5 Å². The molecule has 0 bridgehead atoms. The van der Waals surface area contributed by atoms with E-state index in [9.17, 15) is 117 Å². The molecule has 0 fully saturated rings. The normalized spacial score (nSPS) is 14.4. The zero-order valence-electron chi connectivity index (χ0n) is 73.8. The summed E-state index contributed by atoms with van der Waals surface area (Å²) in [7, 11) is 0. The Kier molecular flexibility index (Phi) is 51.8. The number of nitrogens with one attached hydrogen (secondary N) is 20. The Morgan fingerprint density at radius 3 is 1.23 bits per heavy atom. The van der Waals surface area contributed by atoms with Crippen LogP contribution in [0.25, 0.3) is 0 Å². The number of aliphatic hydroxyl groups is 2. The van der Waals surface area contributed by atoms with Gasteiger partial charge in [0.15, 0.2) is 11.9 Å². The number of amides is 18. The molecule has 0 saturated carbocycles. The number of carbonyl (C=O) groups is 19. The first kappa shape index (κ1) is 113. The van der Waals surface area contributed by atoms with Crippen molar-refractivity contribution in [2.75, 3.05) is 52.4 Å². The molecule has 2 aromatic rings. The van der Waals surface area contributed by atoms with Gasteiger partial charge in [0.2, 0.25) is 106 Å². The van der Waals surface area contributed by atoms with Crippen molar-refractivity contribution < 1.29 is 111 Å². The maximum atomic E-state index is 14.4. The predicted octanol–water partition coefficient (Wildman–Crippen LogP) is -11.2. The highest BCUT2D eigenvalue weighted by Crippen LogP contribution is 2.16. The topological polar surface area (TPSA) is 875 Å². The van der Waals surface area contributed by atoms with E-state index in [1.54, 1.807) is 44.2 Å². The molecule has 52 heteroatoms. The van der Waals surface area contributed by atoms with Gasteiger partial charge in [-0.2, -0.15) is 0 Å². The number of hydrogen-bond acceptors (Lipinski definition) is 28. The van der Waals surface area contributed by atoms with Crippen molar-refractivity contribution in [3.05, 3.63) is 75.8 Å². The Labute approximate surface area is 754 Å². The van der Waals surface area contributed by atoms with E-state index >= 15 is 0 Å². The molecule has 52 nitrogen and oxygen atoms in total. The number of carbonyl (C=O) groups excluding carboxylic acids is 18. The molecule has 18 amide bonds. The van der Waals surface area contributed by atoms with Crippen LogP contribution in [0.15, 0.2) is 54.6 Å². The van der Waals surface area contributed by atoms with E-state index in [-0.39, 0.29) is 115 Å². The second-order valence-corrected chi connectivity index (χ2v) is 31.1. The minimum absolute atomic E-state index is 0.0227. The number of aliphatic carboxylic acids is 1. The maximum absolute atomic E-state index is 14.4. The van der Waals surface area contributed by atoms with Gasteiger partial charge in [0.25, 0.3) is 5.69 Å². The lowest BCUT2D eigenvalue weighted by molar-refractivity contribution is -0.384. The van der Waals surface area contributed by atoms with Crippen LogP contribution in [0.3, 0.4) is 0 Å². The molecule has 0 saturated heterocycles. The number of nitrogens with zero attached hydrogens (tertiary/aromatic N) is 1. The lowest BCUT2D eigenvalue weighted by atomic mass is 10.0. The van der Waals surface area contributed by atoms with E-state index in [1.807, 2.05) is 0 Å². The summed E-state index contributed by atoms with van der Waals surface area (Å²) in [4.78, 5) is 265. The van der Waals surface area contributed by atoms with Crippen LogP contribution in [0, 0.1) is 26.9 Å². The SMILES string of the molecule is CC(C)C[C@H](NC(=O)[C@H](CCCCN)NC(=O)[C@H](CCCNC(=N)N)NC(=O)[C@H](C)NC(=O)[C@H](CO)NC(=O)[C@H](CCCCN)NC(=O)[C@H](CCCNC(=N)N)NC(=O)[C@H](C)NC(=O)CNC(=O)[C@@H](NC(=O)[C@H](Cc1ccccc1)NC(=O)CNC(=O)CNC(=O)[C@@H](N)Cc1ccc([N+](=O)[O-])cc1)[C@@H](C)O)C(=O)N[C@@H](C)C(=O)N[C@@H](CC(N)=O)C(=O)N[C@@H](CCC(N)=O)C(=O)O. The Bertz CT molecular complexity index is 4240. The molecule has 0 aliphatic heterocycles. The van der Waals surface area contributed by atoms with Crippen molar-refractivity contribution in [3.63, 3.8) is 0 Å². The Morgan fingerprint density at radius 1 is 0.397 bits per heavy atom. The third kappa shape index (κ3) is 45.6. The molecular formula is C79H128N28O24. The second-order valence-electron chi connectivity index (χ2n) is 31.1. The van der Waals surface area contributed by atoms with Crippen molar-refractivity contribution in [2.24, 2.45) is 46.1 Å². The summed E-state index contributed by atoms with van der Waals surface area (Å²) in [5.41, 5.74) is 39.7. The molecular weight excluding hydrogens is 1730 g/mol. The third-order valence-corrected chi connectivity index (χ3v) is 19.4. The van der Waals surface area contributed by atoms with Gasteiger partial charge in [-0.05, 0) is 141 Å². The fourth-order valence-corrected chi connectivity index (χ4v) is 12.2. The van der Waals surface area contributed by atoms with Crippen molar-refractivity contribution in [3.8, 4) is 0 Å². The van der Waals surface area contributed by atoms with E-state index in [0.29, 0.717) is 17.5 Å². The Balaban J connectivity index is 2.30. The van der Waals surface area contributed by atoms with Crippen LogP contribution < -0.4 is 136 Å². The van der Waals surface area contributed by atoms with E-state index < -0.39 is 265 Å². The van der Waals surface area contributed by atoms with E-state index in [0.717, 1.165) is 6.92 Å². The Morgan fingerprint density at radius 2 is 0.786 bits per heavy atom. The number of non-ortho nitro benzene ring substituents is 1.